The Labute approximate surface area is 258 Å². The lowest BCUT2D eigenvalue weighted by atomic mass is 9.49. The minimum atomic E-state index is -2.03. The SMILES string of the molecule is [B]C([B])([B])NC(=O)c1nnc(NC(=O)C2CC2)cc1Nc1cccc(-c2noc(C(=O)NCCC3CCCN3C)n2)c1OC. The normalized spacial score (nSPS) is 16.7. The second-order valence-electron chi connectivity index (χ2n) is 10.9. The van der Waals surface area contributed by atoms with Crippen LogP contribution in [0.3, 0.4) is 0 Å². The van der Waals surface area contributed by atoms with Gasteiger partial charge in [0.05, 0.1) is 47.6 Å². The van der Waals surface area contributed by atoms with Gasteiger partial charge in [-0.25, -0.2) is 0 Å². The molecule has 44 heavy (non-hydrogen) atoms. The van der Waals surface area contributed by atoms with Crippen molar-refractivity contribution in [2.45, 2.75) is 43.4 Å². The smallest absolute Gasteiger partial charge is 0.316 e. The van der Waals surface area contributed by atoms with Gasteiger partial charge in [-0.2, -0.15) is 4.98 Å². The van der Waals surface area contributed by atoms with Crippen molar-refractivity contribution in [2.75, 3.05) is 37.9 Å². The van der Waals surface area contributed by atoms with E-state index in [1.165, 1.54) is 13.2 Å². The van der Waals surface area contributed by atoms with Crippen LogP contribution < -0.4 is 26.0 Å². The summed E-state index contributed by atoms with van der Waals surface area (Å²) in [6.45, 7) is 1.54. The summed E-state index contributed by atoms with van der Waals surface area (Å²) < 4.78 is 10.9. The Morgan fingerprint density at radius 2 is 1.91 bits per heavy atom. The van der Waals surface area contributed by atoms with E-state index in [4.69, 9.17) is 32.8 Å². The van der Waals surface area contributed by atoms with Gasteiger partial charge >= 0.3 is 11.8 Å². The Hall–Kier alpha value is -4.40. The average molecular weight is 593 g/mol. The zero-order chi connectivity index (χ0) is 31.4. The molecule has 4 N–H and O–H groups in total. The fourth-order valence-electron chi connectivity index (χ4n) is 4.92. The predicted octanol–water partition coefficient (Wildman–Crippen LogP) is 0.688. The van der Waals surface area contributed by atoms with Crippen LogP contribution in [-0.4, -0.2) is 105 Å². The summed E-state index contributed by atoms with van der Waals surface area (Å²) in [7, 11) is 20.2. The van der Waals surface area contributed by atoms with Crippen molar-refractivity contribution in [3.8, 4) is 17.1 Å². The van der Waals surface area contributed by atoms with Crippen molar-refractivity contribution in [3.05, 3.63) is 35.9 Å². The highest BCUT2D eigenvalue weighted by Gasteiger charge is 2.30. The number of amides is 3. The highest BCUT2D eigenvalue weighted by molar-refractivity contribution is 6.60. The molecule has 1 aliphatic carbocycles. The number of carbonyl (C=O) groups excluding carboxylic acids is 3. The molecule has 3 amide bonds. The van der Waals surface area contributed by atoms with Crippen LogP contribution in [0.2, 0.25) is 0 Å². The Balaban J connectivity index is 1.37. The third-order valence-corrected chi connectivity index (χ3v) is 7.32. The first-order valence-electron chi connectivity index (χ1n) is 14.2. The first-order valence-corrected chi connectivity index (χ1v) is 14.2. The molecule has 3 aromatic rings. The number of nitrogens with one attached hydrogen (secondary N) is 4. The van der Waals surface area contributed by atoms with E-state index in [1.54, 1.807) is 18.2 Å². The largest absolute Gasteiger partial charge is 0.494 e. The number of rotatable bonds is 12. The maximum atomic E-state index is 12.9. The van der Waals surface area contributed by atoms with Gasteiger partial charge < -0.3 is 35.4 Å². The summed E-state index contributed by atoms with van der Waals surface area (Å²) in [6, 6.07) is 6.89. The number of ether oxygens (including phenoxy) is 1. The van der Waals surface area contributed by atoms with Crippen LogP contribution in [0.1, 0.15) is 53.3 Å². The summed E-state index contributed by atoms with van der Waals surface area (Å²) in [5, 5.41) is 20.7. The fraction of sp³-hybridized carbons (Fsp3) is 0.444. The molecule has 6 radical (unpaired) electrons. The van der Waals surface area contributed by atoms with Gasteiger partial charge in [-0.3, -0.25) is 14.4 Å². The molecule has 1 atom stereocenters. The van der Waals surface area contributed by atoms with Gasteiger partial charge in [-0.05, 0) is 57.8 Å². The van der Waals surface area contributed by atoms with E-state index in [1.807, 2.05) is 0 Å². The zero-order valence-corrected chi connectivity index (χ0v) is 24.4. The third kappa shape index (κ3) is 7.57. The van der Waals surface area contributed by atoms with Crippen molar-refractivity contribution < 1.29 is 23.6 Å². The van der Waals surface area contributed by atoms with Crippen LogP contribution >= 0.6 is 0 Å². The molecule has 222 valence electrons. The van der Waals surface area contributed by atoms with Gasteiger partial charge in [-0.1, -0.05) is 16.5 Å². The molecule has 1 unspecified atom stereocenters. The predicted molar refractivity (Wildman–Crippen MR) is 163 cm³/mol. The molecule has 3 heterocycles. The van der Waals surface area contributed by atoms with Crippen LogP contribution in [0.4, 0.5) is 17.2 Å². The van der Waals surface area contributed by atoms with E-state index in [0.29, 0.717) is 23.8 Å². The second-order valence-corrected chi connectivity index (χ2v) is 10.9. The number of anilines is 3. The van der Waals surface area contributed by atoms with Crippen molar-refractivity contribution in [1.29, 1.82) is 0 Å². The molecule has 2 aromatic heterocycles. The number of methoxy groups -OCH3 is 1. The summed E-state index contributed by atoms with van der Waals surface area (Å²) in [6.07, 6.45) is 4.66. The number of aromatic nitrogens is 4. The Morgan fingerprint density at radius 3 is 2.59 bits per heavy atom. The molecule has 1 saturated heterocycles. The number of hydrogen-bond donors (Lipinski definition) is 4. The Morgan fingerprint density at radius 1 is 1.11 bits per heavy atom. The number of carbonyl (C=O) groups is 3. The highest BCUT2D eigenvalue weighted by atomic mass is 16.5. The topological polar surface area (TPSA) is 176 Å². The lowest BCUT2D eigenvalue weighted by Crippen LogP contribution is -2.50. The van der Waals surface area contributed by atoms with Crippen molar-refractivity contribution in [2.24, 2.45) is 5.92 Å². The van der Waals surface area contributed by atoms with Gasteiger partial charge in [0.1, 0.15) is 0 Å². The Bertz CT molecular complexity index is 1540. The van der Waals surface area contributed by atoms with Gasteiger partial charge in [0.25, 0.3) is 5.91 Å². The molecule has 14 nitrogen and oxygen atoms in total. The molecule has 1 aromatic carbocycles. The zero-order valence-electron chi connectivity index (χ0n) is 24.4. The lowest BCUT2D eigenvalue weighted by Gasteiger charge is -2.23. The molecule has 17 heteroatoms. The monoisotopic (exact) mass is 593 g/mol. The average Bonchev–Trinajstić information content (AvgIpc) is 3.57. The fourth-order valence-corrected chi connectivity index (χ4v) is 4.92. The maximum Gasteiger partial charge on any atom is 0.316 e. The van der Waals surface area contributed by atoms with Gasteiger partial charge in [0.15, 0.2) is 17.3 Å². The van der Waals surface area contributed by atoms with Crippen molar-refractivity contribution in [1.82, 2.24) is 35.9 Å². The van der Waals surface area contributed by atoms with E-state index >= 15 is 0 Å². The molecular weight excluding hydrogens is 563 g/mol. The van der Waals surface area contributed by atoms with Crippen molar-refractivity contribution >= 4 is 58.5 Å². The molecule has 1 aliphatic heterocycles. The Kier molecular flexibility index (Phi) is 9.23. The number of nitrogens with zero attached hydrogens (tertiary/aromatic N) is 5. The first kappa shape index (κ1) is 31.0. The maximum absolute atomic E-state index is 12.9. The first-order chi connectivity index (χ1) is 21.0. The van der Waals surface area contributed by atoms with Crippen LogP contribution in [0.25, 0.3) is 11.4 Å². The molecule has 1 saturated carbocycles. The number of benzene rings is 1. The number of hydrogen-bond acceptors (Lipinski definition) is 11. The van der Waals surface area contributed by atoms with E-state index < -0.39 is 17.1 Å². The van der Waals surface area contributed by atoms with Crippen LogP contribution in [0.15, 0.2) is 28.8 Å². The quantitative estimate of drug-likeness (QED) is 0.218. The molecule has 5 rings (SSSR count). The summed E-state index contributed by atoms with van der Waals surface area (Å²) in [5.41, 5.74) is 0.676. The second kappa shape index (κ2) is 13.1. The molecular formula is C27H30B3N9O5. The molecule has 2 fully saturated rings. The van der Waals surface area contributed by atoms with Crippen LogP contribution in [-0.2, 0) is 4.79 Å². The molecule has 0 bridgehead atoms. The number of likely N-dealkylation sites (tertiary alicyclic amines) is 1. The minimum Gasteiger partial charge on any atom is -0.494 e. The molecule has 2 aliphatic rings. The van der Waals surface area contributed by atoms with Crippen molar-refractivity contribution in [3.63, 3.8) is 0 Å². The minimum absolute atomic E-state index is 0.0868. The lowest BCUT2D eigenvalue weighted by molar-refractivity contribution is -0.117. The summed E-state index contributed by atoms with van der Waals surface area (Å²) in [4.78, 5) is 44.5. The van der Waals surface area contributed by atoms with Crippen LogP contribution in [0, 0.1) is 5.92 Å². The van der Waals surface area contributed by atoms with E-state index in [0.717, 1.165) is 38.6 Å². The van der Waals surface area contributed by atoms with Crippen LogP contribution in [0.5, 0.6) is 5.75 Å². The van der Waals surface area contributed by atoms with Gasteiger partial charge in [-0.15, -0.1) is 10.2 Å². The summed E-state index contributed by atoms with van der Waals surface area (Å²) in [5.74, 6) is -1.29. The third-order valence-electron chi connectivity index (χ3n) is 7.32. The van der Waals surface area contributed by atoms with Gasteiger partial charge in [0.2, 0.25) is 11.7 Å². The highest BCUT2D eigenvalue weighted by Crippen LogP contribution is 2.37. The van der Waals surface area contributed by atoms with E-state index in [9.17, 15) is 14.4 Å². The summed E-state index contributed by atoms with van der Waals surface area (Å²) >= 11 is 0. The van der Waals surface area contributed by atoms with E-state index in [-0.39, 0.29) is 46.5 Å². The standard InChI is InChI=1S/C27H30B3N9O5/c1-39-12-4-5-15(39)10-11-31-25(42)26-34-22(38-44-26)16-6-3-7-17(21(16)43-2)32-18-13-19(33-23(40)14-8-9-14)36-37-20(18)24(41)35-27(28,29)30/h3,6-7,13-15H,4-5,8-12H2,1-2H3,(H,31,42)(H,35,41)(H2,32,33,36,40). The van der Waals surface area contributed by atoms with E-state index in [2.05, 4.69) is 53.6 Å². The van der Waals surface area contributed by atoms with Gasteiger partial charge in [0, 0.05) is 24.6 Å². The number of para-hydroxylation sites is 1. The molecule has 0 spiro atoms.